The molecule has 2 aromatic rings. The van der Waals surface area contributed by atoms with Gasteiger partial charge in [0.2, 0.25) is 3.79 Å². The van der Waals surface area contributed by atoms with E-state index in [1.54, 1.807) is 24.1 Å². The molecule has 7 nitrogen and oxygen atoms in total. The number of likely N-dealkylation sites (tertiary alicyclic amines) is 2. The minimum absolute atomic E-state index is 0.104. The third-order valence-electron chi connectivity index (χ3n) is 8.25. The molecule has 5 rings (SSSR count). The molecule has 2 aliphatic heterocycles. The van der Waals surface area contributed by atoms with Crippen LogP contribution in [0.3, 0.4) is 0 Å². The number of amides is 2. The molecule has 37 heavy (non-hydrogen) atoms. The number of hydrogen-bond acceptors (Lipinski definition) is 5. The molecule has 2 heterocycles. The molecule has 0 spiro atoms. The standard InChI is InChI=1S/C27H29Cl3N2O5/c1-36-20-8-7-19-15-22-26(35)11-13-31(24(34)37-17-27(28,29)30)12-9-25(26,21(19)16-20)10-14-32(22)23(33)18-5-3-2-4-6-18/h2-8,16,22,35H,9-15,17H2,1H3/t22-,25+,26-/m1/s1. The summed E-state index contributed by atoms with van der Waals surface area (Å²) in [4.78, 5) is 29.9. The number of alkyl halides is 3. The van der Waals surface area contributed by atoms with Crippen molar-refractivity contribution in [2.75, 3.05) is 33.4 Å². The van der Waals surface area contributed by atoms with E-state index in [0.717, 1.165) is 11.1 Å². The normalized spacial score (nSPS) is 27.0. The second-order valence-corrected chi connectivity index (χ2v) is 12.5. The molecule has 1 N–H and O–H groups in total. The Morgan fingerprint density at radius 3 is 2.46 bits per heavy atom. The van der Waals surface area contributed by atoms with E-state index in [9.17, 15) is 14.7 Å². The molecule has 2 fully saturated rings. The Morgan fingerprint density at radius 1 is 1.05 bits per heavy atom. The van der Waals surface area contributed by atoms with Crippen molar-refractivity contribution in [1.82, 2.24) is 9.80 Å². The summed E-state index contributed by atoms with van der Waals surface area (Å²) >= 11 is 17.3. The summed E-state index contributed by atoms with van der Waals surface area (Å²) in [6.07, 6.45) is 1.23. The molecule has 2 aromatic carbocycles. The number of piperidine rings is 1. The lowest BCUT2D eigenvalue weighted by molar-refractivity contribution is -0.137. The van der Waals surface area contributed by atoms with Crippen molar-refractivity contribution in [3.05, 3.63) is 65.2 Å². The van der Waals surface area contributed by atoms with E-state index in [4.69, 9.17) is 44.3 Å². The smallest absolute Gasteiger partial charge is 0.409 e. The van der Waals surface area contributed by atoms with E-state index in [1.165, 1.54) is 0 Å². The summed E-state index contributed by atoms with van der Waals surface area (Å²) in [5, 5.41) is 12.6. The van der Waals surface area contributed by atoms with E-state index < -0.39 is 26.9 Å². The fourth-order valence-electron chi connectivity index (χ4n) is 6.45. The first-order chi connectivity index (χ1) is 17.6. The number of rotatable bonds is 3. The van der Waals surface area contributed by atoms with Crippen molar-refractivity contribution >= 4 is 46.8 Å². The van der Waals surface area contributed by atoms with Gasteiger partial charge in [-0.05, 0) is 61.1 Å². The van der Waals surface area contributed by atoms with Gasteiger partial charge in [0.25, 0.3) is 5.91 Å². The molecule has 2 bridgehead atoms. The van der Waals surface area contributed by atoms with Crippen LogP contribution < -0.4 is 4.74 Å². The molecule has 3 aliphatic rings. The van der Waals surface area contributed by atoms with Gasteiger partial charge in [-0.1, -0.05) is 59.1 Å². The molecule has 0 saturated carbocycles. The van der Waals surface area contributed by atoms with Gasteiger partial charge in [0.1, 0.15) is 12.4 Å². The third kappa shape index (κ3) is 4.65. The first kappa shape index (κ1) is 26.4. The quantitative estimate of drug-likeness (QED) is 0.542. The van der Waals surface area contributed by atoms with E-state index in [1.807, 2.05) is 41.3 Å². The molecule has 2 amide bonds. The van der Waals surface area contributed by atoms with E-state index in [2.05, 4.69) is 0 Å². The van der Waals surface area contributed by atoms with E-state index in [0.29, 0.717) is 43.7 Å². The zero-order valence-electron chi connectivity index (χ0n) is 20.5. The van der Waals surface area contributed by atoms with Gasteiger partial charge in [0, 0.05) is 30.6 Å². The van der Waals surface area contributed by atoms with Gasteiger partial charge in [-0.15, -0.1) is 0 Å². The van der Waals surface area contributed by atoms with Crippen molar-refractivity contribution < 1.29 is 24.2 Å². The Balaban J connectivity index is 1.53. The molecule has 0 unspecified atom stereocenters. The Kier molecular flexibility index (Phi) is 7.03. The highest BCUT2D eigenvalue weighted by Crippen LogP contribution is 2.56. The second kappa shape index (κ2) is 9.84. The molecule has 0 aromatic heterocycles. The largest absolute Gasteiger partial charge is 0.497 e. The maximum absolute atomic E-state index is 13.6. The highest BCUT2D eigenvalue weighted by atomic mass is 35.6. The van der Waals surface area contributed by atoms with Crippen LogP contribution in [0.2, 0.25) is 0 Å². The molecule has 198 valence electrons. The van der Waals surface area contributed by atoms with Crippen LogP contribution in [-0.4, -0.2) is 75.7 Å². The van der Waals surface area contributed by atoms with Crippen molar-refractivity contribution in [3.63, 3.8) is 0 Å². The summed E-state index contributed by atoms with van der Waals surface area (Å²) in [7, 11) is 1.62. The van der Waals surface area contributed by atoms with Crippen LogP contribution in [0.4, 0.5) is 4.79 Å². The Labute approximate surface area is 231 Å². The zero-order chi connectivity index (χ0) is 26.4. The number of benzene rings is 2. The van der Waals surface area contributed by atoms with Gasteiger partial charge >= 0.3 is 6.09 Å². The fourth-order valence-corrected chi connectivity index (χ4v) is 6.62. The first-order valence-corrected chi connectivity index (χ1v) is 13.5. The van der Waals surface area contributed by atoms with Crippen molar-refractivity contribution in [1.29, 1.82) is 0 Å². The van der Waals surface area contributed by atoms with Gasteiger partial charge in [-0.3, -0.25) is 4.79 Å². The van der Waals surface area contributed by atoms with Crippen LogP contribution in [-0.2, 0) is 16.6 Å². The zero-order valence-corrected chi connectivity index (χ0v) is 22.7. The molecule has 0 radical (unpaired) electrons. The SMILES string of the molecule is COc1ccc2c(c1)[C@@]13CCN(C(=O)OCC(Cl)(Cl)Cl)CC[C@@]1(O)[C@@H](C2)N(C(=O)c1ccccc1)CC3. The van der Waals surface area contributed by atoms with Gasteiger partial charge < -0.3 is 24.4 Å². The lowest BCUT2D eigenvalue weighted by Gasteiger charge is -2.61. The lowest BCUT2D eigenvalue weighted by atomic mass is 9.52. The number of carbonyl (C=O) groups is 2. The fraction of sp³-hybridized carbons (Fsp3) is 0.481. The minimum atomic E-state index is -1.71. The summed E-state index contributed by atoms with van der Waals surface area (Å²) in [6, 6.07) is 14.6. The maximum atomic E-state index is 13.6. The topological polar surface area (TPSA) is 79.3 Å². The van der Waals surface area contributed by atoms with E-state index >= 15 is 0 Å². The van der Waals surface area contributed by atoms with Gasteiger partial charge in [-0.25, -0.2) is 4.79 Å². The average Bonchev–Trinajstić information content (AvgIpc) is 3.05. The van der Waals surface area contributed by atoms with Gasteiger partial charge in [-0.2, -0.15) is 0 Å². The van der Waals surface area contributed by atoms with Gasteiger partial charge in [0.15, 0.2) is 0 Å². The summed E-state index contributed by atoms with van der Waals surface area (Å²) in [6.45, 7) is 0.733. The number of ether oxygens (including phenoxy) is 2. The molecule has 2 saturated heterocycles. The van der Waals surface area contributed by atoms with Crippen molar-refractivity contribution in [2.45, 2.75) is 46.5 Å². The number of nitrogens with zero attached hydrogens (tertiary/aromatic N) is 2. The number of halogens is 3. The molecule has 1 aliphatic carbocycles. The minimum Gasteiger partial charge on any atom is -0.497 e. The number of carbonyl (C=O) groups excluding carboxylic acids is 2. The summed E-state index contributed by atoms with van der Waals surface area (Å²) in [5.41, 5.74) is 0.753. The molecule has 10 heteroatoms. The van der Waals surface area contributed by atoms with E-state index in [-0.39, 0.29) is 25.5 Å². The first-order valence-electron chi connectivity index (χ1n) is 12.3. The predicted molar refractivity (Wildman–Crippen MR) is 142 cm³/mol. The highest BCUT2D eigenvalue weighted by Gasteiger charge is 2.64. The Bertz CT molecular complexity index is 1190. The lowest BCUT2D eigenvalue weighted by Crippen LogP contribution is -2.72. The molecular weight excluding hydrogens is 539 g/mol. The Morgan fingerprint density at radius 2 is 1.76 bits per heavy atom. The number of methoxy groups -OCH3 is 1. The monoisotopic (exact) mass is 566 g/mol. The van der Waals surface area contributed by atoms with Crippen LogP contribution in [0.5, 0.6) is 5.75 Å². The second-order valence-electron chi connectivity index (χ2n) is 10.0. The predicted octanol–water partition coefficient (Wildman–Crippen LogP) is 4.74. The Hall–Kier alpha value is -2.19. The summed E-state index contributed by atoms with van der Waals surface area (Å²) < 4.78 is 9.06. The average molecular weight is 568 g/mol. The summed E-state index contributed by atoms with van der Waals surface area (Å²) in [5.74, 6) is 0.604. The van der Waals surface area contributed by atoms with Crippen LogP contribution in [0.15, 0.2) is 48.5 Å². The van der Waals surface area contributed by atoms with Crippen molar-refractivity contribution in [3.8, 4) is 5.75 Å². The maximum Gasteiger partial charge on any atom is 0.409 e. The molecule has 3 atom stereocenters. The number of hydrogen-bond donors (Lipinski definition) is 1. The van der Waals surface area contributed by atoms with Crippen LogP contribution in [0.1, 0.15) is 40.7 Å². The number of aliphatic hydroxyl groups is 1. The number of fused-ring (bicyclic) bond motifs is 1. The van der Waals surface area contributed by atoms with Crippen LogP contribution >= 0.6 is 34.8 Å². The van der Waals surface area contributed by atoms with Crippen molar-refractivity contribution in [2.24, 2.45) is 0 Å². The van der Waals surface area contributed by atoms with Gasteiger partial charge in [0.05, 0.1) is 18.8 Å². The third-order valence-corrected chi connectivity index (χ3v) is 8.58. The highest BCUT2D eigenvalue weighted by molar-refractivity contribution is 6.67. The van der Waals surface area contributed by atoms with Crippen LogP contribution in [0.25, 0.3) is 0 Å². The van der Waals surface area contributed by atoms with Crippen LogP contribution in [0, 0.1) is 0 Å². The molecular formula is C27H29Cl3N2O5.